The van der Waals surface area contributed by atoms with Crippen LogP contribution in [0.1, 0.15) is 26.3 Å². The maximum absolute atomic E-state index is 13.8. The summed E-state index contributed by atoms with van der Waals surface area (Å²) in [5.74, 6) is -1.64. The Morgan fingerprint density at radius 3 is 2.31 bits per heavy atom. The van der Waals surface area contributed by atoms with Crippen LogP contribution in [0.3, 0.4) is 0 Å². The van der Waals surface area contributed by atoms with Crippen LogP contribution in [-0.2, 0) is 6.54 Å². The van der Waals surface area contributed by atoms with Gasteiger partial charge in [-0.25, -0.2) is 8.78 Å². The number of benzene rings is 1. The van der Waals surface area contributed by atoms with Gasteiger partial charge in [0.25, 0.3) is 0 Å². The van der Waals surface area contributed by atoms with Gasteiger partial charge in [0.2, 0.25) is 0 Å². The maximum atomic E-state index is 13.8. The molecule has 90 valence electrons. The molecule has 0 heterocycles. The van der Waals surface area contributed by atoms with Crippen molar-refractivity contribution in [3.8, 4) is 0 Å². The normalized spacial score (nSPS) is 10.9. The highest BCUT2D eigenvalue weighted by Crippen LogP contribution is 2.25. The molecule has 16 heavy (non-hydrogen) atoms. The highest BCUT2D eigenvalue weighted by molar-refractivity contribution is 5.50. The predicted molar refractivity (Wildman–Crippen MR) is 62.4 cm³/mol. The first-order valence-electron chi connectivity index (χ1n) is 5.46. The fourth-order valence-corrected chi connectivity index (χ4v) is 1.77. The zero-order valence-corrected chi connectivity index (χ0v) is 9.93. The molecule has 2 nitrogen and oxygen atoms in total. The molecule has 0 atom stereocenters. The van der Waals surface area contributed by atoms with Crippen LogP contribution in [0.25, 0.3) is 0 Å². The number of nitrogens with two attached hydrogens (primary N) is 1. The van der Waals surface area contributed by atoms with E-state index in [9.17, 15) is 8.78 Å². The minimum atomic E-state index is -0.834. The topological polar surface area (TPSA) is 29.3 Å². The van der Waals surface area contributed by atoms with E-state index in [-0.39, 0.29) is 18.2 Å². The second-order valence-electron chi connectivity index (χ2n) is 3.96. The van der Waals surface area contributed by atoms with E-state index in [1.165, 1.54) is 0 Å². The van der Waals surface area contributed by atoms with Crippen LogP contribution in [0, 0.1) is 11.6 Å². The number of nitrogens with zero attached hydrogens (tertiary/aromatic N) is 1. The van der Waals surface area contributed by atoms with E-state index in [4.69, 9.17) is 5.73 Å². The molecule has 0 fully saturated rings. The first kappa shape index (κ1) is 12.9. The Bertz CT molecular complexity index is 364. The molecule has 1 rings (SSSR count). The van der Waals surface area contributed by atoms with Crippen LogP contribution >= 0.6 is 0 Å². The predicted octanol–water partition coefficient (Wildman–Crippen LogP) is 2.66. The number of halogens is 2. The van der Waals surface area contributed by atoms with Crippen LogP contribution in [0.5, 0.6) is 0 Å². The number of hydrogen-bond acceptors (Lipinski definition) is 2. The maximum Gasteiger partial charge on any atom is 0.182 e. The van der Waals surface area contributed by atoms with Crippen molar-refractivity contribution in [2.24, 2.45) is 5.73 Å². The fourth-order valence-electron chi connectivity index (χ4n) is 1.77. The van der Waals surface area contributed by atoms with Crippen molar-refractivity contribution in [2.45, 2.75) is 33.4 Å². The Hall–Kier alpha value is -1.16. The van der Waals surface area contributed by atoms with Gasteiger partial charge in [0.05, 0.1) is 5.69 Å². The summed E-state index contributed by atoms with van der Waals surface area (Å²) in [7, 11) is 0. The van der Waals surface area contributed by atoms with Crippen molar-refractivity contribution in [1.82, 2.24) is 0 Å². The van der Waals surface area contributed by atoms with Crippen molar-refractivity contribution in [1.29, 1.82) is 0 Å². The molecule has 0 aromatic heterocycles. The third kappa shape index (κ3) is 2.32. The summed E-state index contributed by atoms with van der Waals surface area (Å²) in [5, 5.41) is 0. The minimum absolute atomic E-state index is 0.0108. The summed E-state index contributed by atoms with van der Waals surface area (Å²) in [6.07, 6.45) is 0. The molecule has 0 spiro atoms. The standard InChI is InChI=1S/C12H18F2N2/c1-4-16(8(2)3)10-6-5-9(7-15)11(13)12(10)14/h5-6,8H,4,7,15H2,1-3H3. The van der Waals surface area contributed by atoms with Crippen LogP contribution < -0.4 is 10.6 Å². The lowest BCUT2D eigenvalue weighted by Gasteiger charge is -2.28. The van der Waals surface area contributed by atoms with Gasteiger partial charge in [-0.2, -0.15) is 0 Å². The van der Waals surface area contributed by atoms with E-state index in [0.29, 0.717) is 12.2 Å². The number of anilines is 1. The number of hydrogen-bond donors (Lipinski definition) is 1. The Kier molecular flexibility index (Phi) is 4.24. The molecule has 4 heteroatoms. The second-order valence-corrected chi connectivity index (χ2v) is 3.96. The molecule has 0 bridgehead atoms. The lowest BCUT2D eigenvalue weighted by atomic mass is 10.1. The zero-order valence-electron chi connectivity index (χ0n) is 9.93. The smallest absolute Gasteiger partial charge is 0.182 e. The van der Waals surface area contributed by atoms with Crippen LogP contribution in [0.2, 0.25) is 0 Å². The summed E-state index contributed by atoms with van der Waals surface area (Å²) in [6, 6.07) is 3.26. The zero-order chi connectivity index (χ0) is 12.3. The molecule has 0 saturated heterocycles. The monoisotopic (exact) mass is 228 g/mol. The van der Waals surface area contributed by atoms with E-state index in [1.807, 2.05) is 20.8 Å². The number of rotatable bonds is 4. The van der Waals surface area contributed by atoms with Gasteiger partial charge in [-0.15, -0.1) is 0 Å². The SMILES string of the molecule is CCN(c1ccc(CN)c(F)c1F)C(C)C. The van der Waals surface area contributed by atoms with Gasteiger partial charge in [0, 0.05) is 24.7 Å². The van der Waals surface area contributed by atoms with Gasteiger partial charge in [-0.1, -0.05) is 6.07 Å². The van der Waals surface area contributed by atoms with Crippen LogP contribution in [-0.4, -0.2) is 12.6 Å². The fraction of sp³-hybridized carbons (Fsp3) is 0.500. The highest BCUT2D eigenvalue weighted by Gasteiger charge is 2.18. The Morgan fingerprint density at radius 2 is 1.88 bits per heavy atom. The molecule has 0 aliphatic rings. The third-order valence-electron chi connectivity index (χ3n) is 2.64. The van der Waals surface area contributed by atoms with E-state index in [2.05, 4.69) is 0 Å². The summed E-state index contributed by atoms with van der Waals surface area (Å²) >= 11 is 0. The minimum Gasteiger partial charge on any atom is -0.367 e. The van der Waals surface area contributed by atoms with Gasteiger partial charge in [-0.05, 0) is 26.8 Å². The molecular formula is C12H18F2N2. The highest BCUT2D eigenvalue weighted by atomic mass is 19.2. The Labute approximate surface area is 95.1 Å². The molecule has 0 saturated carbocycles. The van der Waals surface area contributed by atoms with Crippen LogP contribution in [0.15, 0.2) is 12.1 Å². The summed E-state index contributed by atoms with van der Waals surface area (Å²) in [4.78, 5) is 1.80. The summed E-state index contributed by atoms with van der Waals surface area (Å²) in [6.45, 7) is 6.44. The second kappa shape index (κ2) is 5.25. The first-order valence-corrected chi connectivity index (χ1v) is 5.46. The van der Waals surface area contributed by atoms with Gasteiger partial charge in [0.1, 0.15) is 0 Å². The largest absolute Gasteiger partial charge is 0.367 e. The van der Waals surface area contributed by atoms with E-state index >= 15 is 0 Å². The van der Waals surface area contributed by atoms with Gasteiger partial charge >= 0.3 is 0 Å². The van der Waals surface area contributed by atoms with Gasteiger partial charge in [-0.3, -0.25) is 0 Å². The molecule has 1 aromatic rings. The lowest BCUT2D eigenvalue weighted by molar-refractivity contribution is 0.494. The van der Waals surface area contributed by atoms with E-state index in [1.54, 1.807) is 17.0 Å². The molecular weight excluding hydrogens is 210 g/mol. The molecule has 0 unspecified atom stereocenters. The average Bonchev–Trinajstić information content (AvgIpc) is 2.25. The Morgan fingerprint density at radius 1 is 1.25 bits per heavy atom. The molecule has 2 N–H and O–H groups in total. The quantitative estimate of drug-likeness (QED) is 0.858. The first-order chi connectivity index (χ1) is 7.52. The average molecular weight is 228 g/mol. The Balaban J connectivity index is 3.20. The molecule has 1 aromatic carbocycles. The van der Waals surface area contributed by atoms with Crippen molar-refractivity contribution in [3.63, 3.8) is 0 Å². The van der Waals surface area contributed by atoms with Gasteiger partial charge < -0.3 is 10.6 Å². The van der Waals surface area contributed by atoms with Crippen LogP contribution in [0.4, 0.5) is 14.5 Å². The van der Waals surface area contributed by atoms with Crippen molar-refractivity contribution in [2.75, 3.05) is 11.4 Å². The van der Waals surface area contributed by atoms with Crippen molar-refractivity contribution >= 4 is 5.69 Å². The van der Waals surface area contributed by atoms with E-state index < -0.39 is 11.6 Å². The molecule has 0 aliphatic heterocycles. The lowest BCUT2D eigenvalue weighted by Crippen LogP contribution is -2.31. The van der Waals surface area contributed by atoms with E-state index in [0.717, 1.165) is 0 Å². The third-order valence-corrected chi connectivity index (χ3v) is 2.64. The molecule has 0 radical (unpaired) electrons. The summed E-state index contributed by atoms with van der Waals surface area (Å²) in [5.41, 5.74) is 5.83. The molecule has 0 aliphatic carbocycles. The van der Waals surface area contributed by atoms with Crippen molar-refractivity contribution < 1.29 is 8.78 Å². The van der Waals surface area contributed by atoms with Gasteiger partial charge in [0.15, 0.2) is 11.6 Å². The molecule has 0 amide bonds. The summed E-state index contributed by atoms with van der Waals surface area (Å²) < 4.78 is 27.3. The van der Waals surface area contributed by atoms with Crippen molar-refractivity contribution in [3.05, 3.63) is 29.3 Å².